The summed E-state index contributed by atoms with van der Waals surface area (Å²) in [7, 11) is 0. The van der Waals surface area contributed by atoms with Gasteiger partial charge in [0.25, 0.3) is 0 Å². The van der Waals surface area contributed by atoms with Crippen molar-refractivity contribution in [2.24, 2.45) is 0 Å². The van der Waals surface area contributed by atoms with Gasteiger partial charge < -0.3 is 5.11 Å². The second-order valence-corrected chi connectivity index (χ2v) is 6.28. The van der Waals surface area contributed by atoms with Gasteiger partial charge in [-0.05, 0) is 38.8 Å². The van der Waals surface area contributed by atoms with Gasteiger partial charge in [0.2, 0.25) is 0 Å². The maximum absolute atomic E-state index is 10.5. The quantitative estimate of drug-likeness (QED) is 0.770. The molecule has 1 N–H and O–H groups in total. The number of aliphatic hydroxyl groups excluding tert-OH is 1. The van der Waals surface area contributed by atoms with Crippen LogP contribution in [-0.4, -0.2) is 35.2 Å². The fourth-order valence-electron chi connectivity index (χ4n) is 3.65. The number of rotatable bonds is 1. The van der Waals surface area contributed by atoms with Gasteiger partial charge in [0.1, 0.15) is 0 Å². The van der Waals surface area contributed by atoms with Crippen molar-refractivity contribution in [3.05, 3.63) is 0 Å². The third-order valence-electron chi connectivity index (χ3n) is 4.80. The van der Waals surface area contributed by atoms with E-state index in [4.69, 9.17) is 0 Å². The van der Waals surface area contributed by atoms with E-state index in [9.17, 15) is 5.11 Å². The Bertz CT molecular complexity index is 213. The van der Waals surface area contributed by atoms with Crippen molar-refractivity contribution in [1.82, 2.24) is 4.90 Å². The second-order valence-electron chi connectivity index (χ2n) is 6.28. The Morgan fingerprint density at radius 3 is 1.72 bits per heavy atom. The minimum Gasteiger partial charge on any atom is -0.391 e. The predicted octanol–water partition coefficient (Wildman–Crippen LogP) is 3.73. The van der Waals surface area contributed by atoms with Gasteiger partial charge in [-0.1, -0.05) is 51.4 Å². The summed E-state index contributed by atoms with van der Waals surface area (Å²) in [5, 5.41) is 10.5. The van der Waals surface area contributed by atoms with Crippen LogP contribution in [0.3, 0.4) is 0 Å². The van der Waals surface area contributed by atoms with Crippen molar-refractivity contribution in [3.8, 4) is 0 Å². The predicted molar refractivity (Wildman–Crippen MR) is 76.8 cm³/mol. The molecule has 0 aromatic rings. The van der Waals surface area contributed by atoms with Gasteiger partial charge in [-0.2, -0.15) is 0 Å². The van der Waals surface area contributed by atoms with Gasteiger partial charge in [-0.15, -0.1) is 0 Å². The van der Waals surface area contributed by atoms with Gasteiger partial charge in [0.05, 0.1) is 6.10 Å². The summed E-state index contributed by atoms with van der Waals surface area (Å²) in [4.78, 5) is 2.57. The minimum absolute atomic E-state index is 0.0671. The molecular formula is C16H31NO. The fourth-order valence-corrected chi connectivity index (χ4v) is 3.65. The lowest BCUT2D eigenvalue weighted by Gasteiger charge is -2.32. The summed E-state index contributed by atoms with van der Waals surface area (Å²) in [6.45, 7) is 2.45. The third-order valence-corrected chi connectivity index (χ3v) is 4.80. The van der Waals surface area contributed by atoms with Crippen molar-refractivity contribution in [1.29, 1.82) is 0 Å². The molecule has 2 aliphatic rings. The monoisotopic (exact) mass is 253 g/mol. The van der Waals surface area contributed by atoms with E-state index in [0.717, 1.165) is 6.42 Å². The molecule has 0 aromatic heterocycles. The molecule has 106 valence electrons. The highest BCUT2D eigenvalue weighted by Gasteiger charge is 2.27. The molecule has 2 unspecified atom stereocenters. The zero-order valence-electron chi connectivity index (χ0n) is 11.9. The largest absolute Gasteiger partial charge is 0.391 e. The van der Waals surface area contributed by atoms with E-state index < -0.39 is 0 Å². The summed E-state index contributed by atoms with van der Waals surface area (Å²) in [5.41, 5.74) is 0. The van der Waals surface area contributed by atoms with Crippen molar-refractivity contribution in [2.75, 3.05) is 13.1 Å². The van der Waals surface area contributed by atoms with E-state index in [1.807, 2.05) is 0 Å². The maximum Gasteiger partial charge on any atom is 0.0695 e. The third kappa shape index (κ3) is 4.55. The summed E-state index contributed by atoms with van der Waals surface area (Å²) in [6, 6.07) is 0.465. The Morgan fingerprint density at radius 1 is 0.611 bits per heavy atom. The first-order valence-corrected chi connectivity index (χ1v) is 8.30. The molecule has 0 bridgehead atoms. The normalized spacial score (nSPS) is 33.8. The zero-order valence-corrected chi connectivity index (χ0v) is 11.9. The van der Waals surface area contributed by atoms with E-state index in [1.54, 1.807) is 0 Å². The van der Waals surface area contributed by atoms with E-state index in [1.165, 1.54) is 83.7 Å². The smallest absolute Gasteiger partial charge is 0.0695 e. The second kappa shape index (κ2) is 8.16. The molecule has 0 spiro atoms. The molecule has 0 amide bonds. The molecule has 2 heteroatoms. The minimum atomic E-state index is -0.0671. The van der Waals surface area contributed by atoms with E-state index in [-0.39, 0.29) is 6.10 Å². The molecule has 0 aromatic carbocycles. The molecule has 1 aliphatic carbocycles. The Hall–Kier alpha value is -0.0800. The molecule has 1 saturated heterocycles. The first kappa shape index (κ1) is 14.3. The van der Waals surface area contributed by atoms with Gasteiger partial charge in [-0.3, -0.25) is 4.90 Å². The topological polar surface area (TPSA) is 23.5 Å². The number of hydrogen-bond acceptors (Lipinski definition) is 2. The van der Waals surface area contributed by atoms with Gasteiger partial charge in [0.15, 0.2) is 0 Å². The molecule has 18 heavy (non-hydrogen) atoms. The van der Waals surface area contributed by atoms with Crippen LogP contribution < -0.4 is 0 Å². The van der Waals surface area contributed by atoms with Crippen molar-refractivity contribution in [3.63, 3.8) is 0 Å². The van der Waals surface area contributed by atoms with Crippen LogP contribution >= 0.6 is 0 Å². The van der Waals surface area contributed by atoms with Crippen molar-refractivity contribution < 1.29 is 5.11 Å². The Balaban J connectivity index is 1.85. The molecule has 2 atom stereocenters. The molecule has 0 radical (unpaired) electrons. The van der Waals surface area contributed by atoms with Crippen LogP contribution in [0, 0.1) is 0 Å². The van der Waals surface area contributed by atoms with Crippen LogP contribution in [0.2, 0.25) is 0 Å². The number of aliphatic hydroxyl groups is 1. The first-order valence-electron chi connectivity index (χ1n) is 8.30. The summed E-state index contributed by atoms with van der Waals surface area (Å²) in [5.74, 6) is 0. The standard InChI is InChI=1S/C16H31NO/c18-16-12-8-6-4-2-1-3-5-7-11-15(16)17-13-9-10-14-17/h15-16,18H,1-14H2. The maximum atomic E-state index is 10.5. The van der Waals surface area contributed by atoms with Crippen LogP contribution in [0.1, 0.15) is 77.0 Å². The molecule has 2 rings (SSSR count). The van der Waals surface area contributed by atoms with Crippen LogP contribution in [0.25, 0.3) is 0 Å². The highest BCUT2D eigenvalue weighted by molar-refractivity contribution is 4.82. The lowest BCUT2D eigenvalue weighted by atomic mass is 9.95. The lowest BCUT2D eigenvalue weighted by molar-refractivity contribution is 0.0473. The summed E-state index contributed by atoms with van der Waals surface area (Å²) < 4.78 is 0. The van der Waals surface area contributed by atoms with E-state index in [0.29, 0.717) is 6.04 Å². The molecule has 1 heterocycles. The van der Waals surface area contributed by atoms with Crippen molar-refractivity contribution in [2.45, 2.75) is 89.2 Å². The van der Waals surface area contributed by atoms with Crippen LogP contribution in [0.15, 0.2) is 0 Å². The highest BCUT2D eigenvalue weighted by Crippen LogP contribution is 2.23. The van der Waals surface area contributed by atoms with Gasteiger partial charge >= 0.3 is 0 Å². The number of nitrogens with zero attached hydrogens (tertiary/aromatic N) is 1. The average Bonchev–Trinajstić information content (AvgIpc) is 2.87. The Kier molecular flexibility index (Phi) is 6.50. The SMILES string of the molecule is OC1CCCCCCCCCCC1N1CCCC1. The lowest BCUT2D eigenvalue weighted by Crippen LogP contribution is -2.42. The van der Waals surface area contributed by atoms with Crippen LogP contribution in [0.5, 0.6) is 0 Å². The van der Waals surface area contributed by atoms with E-state index >= 15 is 0 Å². The van der Waals surface area contributed by atoms with Gasteiger partial charge in [-0.25, -0.2) is 0 Å². The highest BCUT2D eigenvalue weighted by atomic mass is 16.3. The molecule has 1 aliphatic heterocycles. The zero-order chi connectivity index (χ0) is 12.6. The van der Waals surface area contributed by atoms with Crippen LogP contribution in [0.4, 0.5) is 0 Å². The molecular weight excluding hydrogens is 222 g/mol. The summed E-state index contributed by atoms with van der Waals surface area (Å²) in [6.07, 6.45) is 15.7. The van der Waals surface area contributed by atoms with Gasteiger partial charge in [0, 0.05) is 6.04 Å². The number of likely N-dealkylation sites (tertiary alicyclic amines) is 1. The Labute approximate surface area is 113 Å². The first-order chi connectivity index (χ1) is 8.88. The molecule has 1 saturated carbocycles. The Morgan fingerprint density at radius 2 is 1.11 bits per heavy atom. The number of hydrogen-bond donors (Lipinski definition) is 1. The average molecular weight is 253 g/mol. The summed E-state index contributed by atoms with van der Waals surface area (Å²) >= 11 is 0. The fraction of sp³-hybridized carbons (Fsp3) is 1.00. The van der Waals surface area contributed by atoms with Crippen LogP contribution in [-0.2, 0) is 0 Å². The molecule has 2 nitrogen and oxygen atoms in total. The van der Waals surface area contributed by atoms with E-state index in [2.05, 4.69) is 4.90 Å². The van der Waals surface area contributed by atoms with Crippen molar-refractivity contribution >= 4 is 0 Å². The molecule has 2 fully saturated rings.